The fourth-order valence-electron chi connectivity index (χ4n) is 5.56. The molecule has 18 nitrogen and oxygen atoms in total. The van der Waals surface area contributed by atoms with Crippen LogP contribution in [0.15, 0.2) is 33.7 Å². The molecule has 0 bridgehead atoms. The van der Waals surface area contributed by atoms with E-state index in [0.29, 0.717) is 29.9 Å². The molecule has 0 radical (unpaired) electrons. The quantitative estimate of drug-likeness (QED) is 0.0616. The average Bonchev–Trinajstić information content (AvgIpc) is 3.66. The highest BCUT2D eigenvalue weighted by Crippen LogP contribution is 2.40. The van der Waals surface area contributed by atoms with Gasteiger partial charge in [-0.05, 0) is 56.5 Å². The zero-order chi connectivity index (χ0) is 34.8. The number of fused-ring (bicyclic) bond motifs is 1. The van der Waals surface area contributed by atoms with Crippen LogP contribution < -0.4 is 21.5 Å². The van der Waals surface area contributed by atoms with Gasteiger partial charge in [-0.15, -0.1) is 15.6 Å². The van der Waals surface area contributed by atoms with Gasteiger partial charge in [0, 0.05) is 31.4 Å². The molecular formula is C28H36N8O10S2. The number of aliphatic carboxylic acids is 1. The number of guanidine groups is 1. The number of thiazole rings is 1. The number of nitrogens with one attached hydrogen (secondary N) is 1. The number of β-lactam (4-membered cyclic amide) rings is 1. The Balaban J connectivity index is 1.24. The largest absolute Gasteiger partial charge is 0.489 e. The van der Waals surface area contributed by atoms with Crippen molar-refractivity contribution >= 4 is 56.2 Å². The standard InChI is InChI=1S/C28H36N8O10S2/c1-28(2)19(24(38)36(28)46-48(41,42)43)9-21(37)23(20-14-47-27(30)33-20)34-45-22(25(39)40)13-44-18-6-5-15-11-35(12-16(15)8-18)26(29)32-17-4-3-7-31-10-17/h5-6,8,14,17,19,22,31H,3-4,7,9-13H2,1-2H3,(H2,29,32)(H2,30,33)(H,39,40)(H,41,42,43)/b34-23-/t17-,19-,22+/m1/s1. The third-order valence-electron chi connectivity index (χ3n) is 8.22. The molecule has 1 aromatic heterocycles. The molecule has 3 atom stereocenters. The van der Waals surface area contributed by atoms with E-state index in [-0.39, 0.29) is 16.9 Å². The summed E-state index contributed by atoms with van der Waals surface area (Å²) in [6.07, 6.45) is -0.129. The number of nitrogen functional groups attached to an aromatic ring is 1. The van der Waals surface area contributed by atoms with Crippen molar-refractivity contribution in [2.24, 2.45) is 21.8 Å². The van der Waals surface area contributed by atoms with Gasteiger partial charge >= 0.3 is 16.4 Å². The maximum atomic E-state index is 13.4. The number of carboxylic acid groups (broad SMARTS) is 1. The summed E-state index contributed by atoms with van der Waals surface area (Å²) < 4.78 is 41.3. The van der Waals surface area contributed by atoms with E-state index in [0.717, 1.165) is 48.4 Å². The topological polar surface area (TPSA) is 262 Å². The number of amides is 1. The monoisotopic (exact) mass is 708 g/mol. The molecule has 3 aliphatic heterocycles. The molecule has 20 heteroatoms. The number of hydrogen-bond acceptors (Lipinski definition) is 14. The molecule has 1 amide bonds. The molecule has 260 valence electrons. The van der Waals surface area contributed by atoms with E-state index in [2.05, 4.69) is 24.7 Å². The summed E-state index contributed by atoms with van der Waals surface area (Å²) in [5.41, 5.74) is 12.3. The second kappa shape index (κ2) is 14.0. The van der Waals surface area contributed by atoms with Crippen molar-refractivity contribution in [3.05, 3.63) is 40.4 Å². The van der Waals surface area contributed by atoms with Crippen molar-refractivity contribution in [1.29, 1.82) is 0 Å². The molecular weight excluding hydrogens is 672 g/mol. The van der Waals surface area contributed by atoms with E-state index in [4.69, 9.17) is 25.6 Å². The van der Waals surface area contributed by atoms with Gasteiger partial charge in [-0.3, -0.25) is 14.1 Å². The number of aromatic nitrogens is 1. The molecule has 3 aliphatic rings. The van der Waals surface area contributed by atoms with Crippen LogP contribution >= 0.6 is 11.3 Å². The molecule has 48 heavy (non-hydrogen) atoms. The van der Waals surface area contributed by atoms with Crippen molar-refractivity contribution in [1.82, 2.24) is 20.3 Å². The van der Waals surface area contributed by atoms with Crippen LogP contribution in [0.1, 0.15) is 49.9 Å². The van der Waals surface area contributed by atoms with Crippen LogP contribution in [0.2, 0.25) is 0 Å². The fourth-order valence-corrected chi connectivity index (χ4v) is 6.56. The van der Waals surface area contributed by atoms with E-state index in [1.807, 2.05) is 11.0 Å². The number of nitrogens with zero attached hydrogens (tertiary/aromatic N) is 5. The summed E-state index contributed by atoms with van der Waals surface area (Å²) in [4.78, 5) is 53.9. The maximum absolute atomic E-state index is 13.4. The highest BCUT2D eigenvalue weighted by molar-refractivity contribution is 7.80. The zero-order valence-electron chi connectivity index (χ0n) is 26.1. The Hall–Kier alpha value is -4.37. The summed E-state index contributed by atoms with van der Waals surface area (Å²) in [5, 5.41) is 18.9. The Morgan fingerprint density at radius 2 is 2.02 bits per heavy atom. The lowest BCUT2D eigenvalue weighted by Gasteiger charge is -2.50. The van der Waals surface area contributed by atoms with Crippen LogP contribution in [0.3, 0.4) is 0 Å². The minimum Gasteiger partial charge on any atom is -0.489 e. The SMILES string of the molecule is CC1(C)[C@H](CC(=O)/C(=N\O[C@@H](COc2ccc3c(c2)CN(C(N)=N[C@@H]2CCCNC2)C3)C(=O)O)c2csc(N)n2)C(=O)N1OS(=O)(=O)O. The zero-order valence-corrected chi connectivity index (χ0v) is 27.7. The van der Waals surface area contributed by atoms with Crippen LogP contribution in [0.25, 0.3) is 0 Å². The van der Waals surface area contributed by atoms with Crippen molar-refractivity contribution in [2.75, 3.05) is 25.4 Å². The molecule has 1 aromatic carbocycles. The number of aliphatic imine (C=N–C) groups is 1. The number of oxime groups is 1. The highest BCUT2D eigenvalue weighted by Gasteiger charge is 2.57. The Morgan fingerprint density at radius 1 is 1.27 bits per heavy atom. The third kappa shape index (κ3) is 8.01. The minimum absolute atomic E-state index is 0.0195. The van der Waals surface area contributed by atoms with E-state index < -0.39 is 64.4 Å². The lowest BCUT2D eigenvalue weighted by Crippen LogP contribution is -2.68. The summed E-state index contributed by atoms with van der Waals surface area (Å²) in [7, 11) is -4.99. The lowest BCUT2D eigenvalue weighted by atomic mass is 9.74. The number of ketones is 1. The van der Waals surface area contributed by atoms with Crippen molar-refractivity contribution in [3.8, 4) is 5.75 Å². The second-order valence-electron chi connectivity index (χ2n) is 12.0. The maximum Gasteiger partial charge on any atom is 0.418 e. The molecule has 0 unspecified atom stereocenters. The van der Waals surface area contributed by atoms with Gasteiger partial charge in [0.25, 0.3) is 12.0 Å². The summed E-state index contributed by atoms with van der Waals surface area (Å²) >= 11 is 0.990. The first-order valence-corrected chi connectivity index (χ1v) is 17.1. The van der Waals surface area contributed by atoms with Gasteiger partial charge < -0.3 is 36.4 Å². The number of anilines is 1. The first-order valence-electron chi connectivity index (χ1n) is 14.9. The number of ether oxygens (including phenoxy) is 1. The number of Topliss-reactive ketones (excluding diaryl/α,β-unsaturated/α-hetero) is 1. The van der Waals surface area contributed by atoms with Crippen LogP contribution in [0, 0.1) is 5.92 Å². The summed E-state index contributed by atoms with van der Waals surface area (Å²) in [6.45, 7) is 5.23. The van der Waals surface area contributed by atoms with E-state index in [9.17, 15) is 27.9 Å². The number of rotatable bonds is 13. The number of piperidine rings is 1. The smallest absolute Gasteiger partial charge is 0.418 e. The van der Waals surface area contributed by atoms with E-state index in [1.165, 1.54) is 19.2 Å². The third-order valence-corrected chi connectivity index (χ3v) is 9.23. The lowest BCUT2D eigenvalue weighted by molar-refractivity contribution is -0.228. The van der Waals surface area contributed by atoms with Crippen LogP contribution in [0.4, 0.5) is 5.13 Å². The van der Waals surface area contributed by atoms with Crippen LogP contribution in [-0.4, -0.2) is 99.7 Å². The number of carbonyl (C=O) groups is 3. The van der Waals surface area contributed by atoms with Crippen molar-refractivity contribution in [3.63, 3.8) is 0 Å². The van der Waals surface area contributed by atoms with Crippen LogP contribution in [-0.2, 0) is 47.0 Å². The summed E-state index contributed by atoms with van der Waals surface area (Å²) in [5.74, 6) is -3.31. The number of carboxylic acids is 1. The Kier molecular flexibility index (Phi) is 10.2. The molecule has 2 fully saturated rings. The average molecular weight is 709 g/mol. The van der Waals surface area contributed by atoms with E-state index >= 15 is 0 Å². The second-order valence-corrected chi connectivity index (χ2v) is 13.9. The Bertz CT molecular complexity index is 1740. The predicted molar refractivity (Wildman–Crippen MR) is 171 cm³/mol. The molecule has 0 aliphatic carbocycles. The molecule has 2 aromatic rings. The Labute approximate surface area is 279 Å². The molecule has 2 saturated heterocycles. The highest BCUT2D eigenvalue weighted by atomic mass is 32.3. The van der Waals surface area contributed by atoms with Crippen LogP contribution in [0.5, 0.6) is 5.75 Å². The first-order chi connectivity index (χ1) is 22.6. The van der Waals surface area contributed by atoms with Gasteiger partial charge in [0.05, 0.1) is 17.5 Å². The van der Waals surface area contributed by atoms with Gasteiger partial charge in [0.15, 0.2) is 22.6 Å². The molecule has 0 spiro atoms. The van der Waals surface area contributed by atoms with Gasteiger partial charge in [0.2, 0.25) is 0 Å². The molecule has 7 N–H and O–H groups in total. The number of benzene rings is 1. The van der Waals surface area contributed by atoms with Gasteiger partial charge in [-0.25, -0.2) is 14.8 Å². The molecule has 5 rings (SSSR count). The Morgan fingerprint density at radius 3 is 2.65 bits per heavy atom. The molecule has 0 saturated carbocycles. The van der Waals surface area contributed by atoms with E-state index in [1.54, 1.807) is 12.1 Å². The predicted octanol–water partition coefficient (Wildman–Crippen LogP) is 0.291. The van der Waals surface area contributed by atoms with Crippen molar-refractivity contribution < 1.29 is 46.3 Å². The normalized spacial score (nSPS) is 21.8. The number of hydroxylamine groups is 2. The number of nitrogens with two attached hydrogens (primary N) is 2. The number of hydrogen-bond donors (Lipinski definition) is 5. The van der Waals surface area contributed by atoms with Gasteiger partial charge in [-0.1, -0.05) is 11.2 Å². The first kappa shape index (κ1) is 35.0. The minimum atomic E-state index is -4.99. The number of carbonyl (C=O) groups excluding carboxylic acids is 2. The van der Waals surface area contributed by atoms with Gasteiger partial charge in [0.1, 0.15) is 18.1 Å². The molecule has 4 heterocycles. The van der Waals surface area contributed by atoms with Gasteiger partial charge in [-0.2, -0.15) is 13.5 Å². The summed E-state index contributed by atoms with van der Waals surface area (Å²) in [6, 6.07) is 5.48. The van der Waals surface area contributed by atoms with Crippen molar-refractivity contribution in [2.45, 2.75) is 63.9 Å². The fraction of sp³-hybridized carbons (Fsp3) is 0.500.